The van der Waals surface area contributed by atoms with Gasteiger partial charge in [0.05, 0.1) is 5.69 Å². The van der Waals surface area contributed by atoms with Gasteiger partial charge in [-0.05, 0) is 23.5 Å². The Morgan fingerprint density at radius 1 is 1.00 bits per heavy atom. The highest BCUT2D eigenvalue weighted by molar-refractivity contribution is 8.04. The fourth-order valence-electron chi connectivity index (χ4n) is 2.16. The first-order valence-corrected chi connectivity index (χ1v) is 6.76. The third kappa shape index (κ3) is 2.04. The number of thioether (sulfide) groups is 1. The molecule has 0 fully saturated rings. The highest BCUT2D eigenvalue weighted by Gasteiger charge is 2.16. The number of benzene rings is 2. The van der Waals surface area contributed by atoms with E-state index in [0.717, 1.165) is 0 Å². The van der Waals surface area contributed by atoms with Gasteiger partial charge < -0.3 is 4.90 Å². The maximum Gasteiger partial charge on any atom is 0.168 e. The summed E-state index contributed by atoms with van der Waals surface area (Å²) in [7, 11) is 0. The second kappa shape index (κ2) is 4.91. The lowest BCUT2D eigenvalue weighted by atomic mass is 10.00. The van der Waals surface area contributed by atoms with Gasteiger partial charge in [-0.3, -0.25) is 0 Å². The van der Waals surface area contributed by atoms with Gasteiger partial charge in [0.1, 0.15) is 0 Å². The third-order valence-corrected chi connectivity index (χ3v) is 3.55. The Morgan fingerprint density at radius 2 is 1.83 bits per heavy atom. The number of hydrogen-bond acceptors (Lipinski definition) is 2. The fourth-order valence-corrected chi connectivity index (χ4v) is 2.67. The van der Waals surface area contributed by atoms with Gasteiger partial charge in [-0.25, -0.2) is 0 Å². The molecule has 2 radical (unpaired) electrons. The molecule has 2 aromatic carbocycles. The number of rotatable bonds is 2. The van der Waals surface area contributed by atoms with Gasteiger partial charge in [-0.1, -0.05) is 60.3 Å². The Labute approximate surface area is 112 Å². The zero-order valence-corrected chi connectivity index (χ0v) is 10.9. The van der Waals surface area contributed by atoms with E-state index in [9.17, 15) is 0 Å². The summed E-state index contributed by atoms with van der Waals surface area (Å²) in [6, 6.07) is 16.9. The van der Waals surface area contributed by atoms with E-state index < -0.39 is 0 Å². The molecule has 0 aromatic heterocycles. The molecule has 0 spiro atoms. The topological polar surface area (TPSA) is 3.24 Å². The average Bonchev–Trinajstić information content (AvgIpc) is 2.93. The van der Waals surface area contributed by atoms with Gasteiger partial charge in [0.2, 0.25) is 0 Å². The molecule has 1 heterocycles. The molecule has 3 rings (SSSR count). The minimum atomic E-state index is 1.21. The van der Waals surface area contributed by atoms with Crippen LogP contribution in [0.15, 0.2) is 60.1 Å². The van der Waals surface area contributed by atoms with Crippen molar-refractivity contribution < 1.29 is 0 Å². The van der Waals surface area contributed by atoms with Crippen LogP contribution in [0.5, 0.6) is 0 Å². The third-order valence-electron chi connectivity index (χ3n) is 2.99. The lowest BCUT2D eigenvalue weighted by Gasteiger charge is -2.20. The van der Waals surface area contributed by atoms with Crippen LogP contribution >= 0.6 is 11.8 Å². The summed E-state index contributed by atoms with van der Waals surface area (Å²) in [5, 5.41) is 2.04. The number of para-hydroxylation sites is 1. The molecule has 0 N–H and O–H groups in total. The van der Waals surface area contributed by atoms with Crippen LogP contribution in [-0.2, 0) is 0 Å². The van der Waals surface area contributed by atoms with E-state index in [1.807, 2.05) is 11.5 Å². The quantitative estimate of drug-likeness (QED) is 0.762. The number of aryl methyl sites for hydroxylation is 1. The van der Waals surface area contributed by atoms with Crippen LogP contribution in [0.4, 0.5) is 5.69 Å². The monoisotopic (exact) mass is 251 g/mol. The summed E-state index contributed by atoms with van der Waals surface area (Å²) >= 11 is 1.58. The van der Waals surface area contributed by atoms with E-state index in [-0.39, 0.29) is 0 Å². The first kappa shape index (κ1) is 11.4. The van der Waals surface area contributed by atoms with Crippen LogP contribution in [0, 0.1) is 12.8 Å². The molecule has 0 amide bonds. The first-order valence-electron chi connectivity index (χ1n) is 5.88. The van der Waals surface area contributed by atoms with Crippen molar-refractivity contribution in [1.82, 2.24) is 0 Å². The standard InChI is InChI=1S/C16H13NS/c1-13-6-5-9-15(14-7-3-2-4-8-14)16(13)17-10-11-18-12-17/h2-11H,1H3. The smallest absolute Gasteiger partial charge is 0.168 e. The second-order valence-corrected chi connectivity index (χ2v) is 4.89. The minimum absolute atomic E-state index is 1.21. The van der Waals surface area contributed by atoms with Crippen molar-refractivity contribution in [1.29, 1.82) is 0 Å². The van der Waals surface area contributed by atoms with Crippen LogP contribution in [0.3, 0.4) is 0 Å². The van der Waals surface area contributed by atoms with E-state index in [1.54, 1.807) is 11.8 Å². The predicted molar refractivity (Wildman–Crippen MR) is 79.1 cm³/mol. The van der Waals surface area contributed by atoms with Crippen molar-refractivity contribution in [3.05, 3.63) is 71.6 Å². The highest BCUT2D eigenvalue weighted by atomic mass is 32.2. The normalized spacial score (nSPS) is 14.2. The SMILES string of the molecule is Cc1cccc(-c2ccccc2)c1N1[C]SC=C1. The van der Waals surface area contributed by atoms with Gasteiger partial charge in [-0.15, -0.1) is 0 Å². The van der Waals surface area contributed by atoms with E-state index in [2.05, 4.69) is 66.4 Å². The molecule has 0 bridgehead atoms. The molecule has 1 aliphatic heterocycles. The average molecular weight is 251 g/mol. The van der Waals surface area contributed by atoms with Crippen LogP contribution < -0.4 is 4.90 Å². The van der Waals surface area contributed by atoms with Gasteiger partial charge in [-0.2, -0.15) is 0 Å². The summed E-state index contributed by atoms with van der Waals surface area (Å²) in [5.41, 5.74) is 4.96. The van der Waals surface area contributed by atoms with Gasteiger partial charge in [0, 0.05) is 11.8 Å². The van der Waals surface area contributed by atoms with Gasteiger partial charge >= 0.3 is 0 Å². The zero-order chi connectivity index (χ0) is 12.4. The molecular weight excluding hydrogens is 238 g/mol. The molecule has 2 heteroatoms. The van der Waals surface area contributed by atoms with E-state index in [0.29, 0.717) is 0 Å². The lowest BCUT2D eigenvalue weighted by Crippen LogP contribution is -2.09. The molecular formula is C16H13NS. The molecule has 88 valence electrons. The van der Waals surface area contributed by atoms with Crippen molar-refractivity contribution in [2.45, 2.75) is 6.92 Å². The van der Waals surface area contributed by atoms with Crippen LogP contribution in [-0.4, -0.2) is 0 Å². The molecule has 0 saturated carbocycles. The summed E-state index contributed by atoms with van der Waals surface area (Å²) in [4.78, 5) is 2.07. The summed E-state index contributed by atoms with van der Waals surface area (Å²) in [5.74, 6) is 3.26. The Kier molecular flexibility index (Phi) is 3.11. The summed E-state index contributed by atoms with van der Waals surface area (Å²) in [6.07, 6.45) is 2.06. The number of nitrogens with zero attached hydrogens (tertiary/aromatic N) is 1. The van der Waals surface area contributed by atoms with Crippen molar-refractivity contribution in [3.8, 4) is 11.1 Å². The Morgan fingerprint density at radius 3 is 2.56 bits per heavy atom. The maximum atomic E-state index is 3.26. The minimum Gasteiger partial charge on any atom is -0.325 e. The summed E-state index contributed by atoms with van der Waals surface area (Å²) < 4.78 is 0. The molecule has 18 heavy (non-hydrogen) atoms. The van der Waals surface area contributed by atoms with Gasteiger partial charge in [0.25, 0.3) is 0 Å². The number of anilines is 1. The van der Waals surface area contributed by atoms with Crippen LogP contribution in [0.25, 0.3) is 11.1 Å². The van der Waals surface area contributed by atoms with Crippen LogP contribution in [0.1, 0.15) is 5.56 Å². The van der Waals surface area contributed by atoms with Crippen molar-refractivity contribution in [3.63, 3.8) is 0 Å². The first-order chi connectivity index (χ1) is 8.86. The number of hydrogen-bond donors (Lipinski definition) is 0. The Bertz CT molecular complexity index is 575. The lowest BCUT2D eigenvalue weighted by molar-refractivity contribution is 1.24. The van der Waals surface area contributed by atoms with Crippen molar-refractivity contribution in [2.75, 3.05) is 4.90 Å². The van der Waals surface area contributed by atoms with Crippen LogP contribution in [0.2, 0.25) is 0 Å². The predicted octanol–water partition coefficient (Wildman–Crippen LogP) is 4.68. The Hall–Kier alpha value is -1.67. The largest absolute Gasteiger partial charge is 0.325 e. The molecule has 0 unspecified atom stereocenters. The molecule has 0 atom stereocenters. The van der Waals surface area contributed by atoms with E-state index in [1.165, 1.54) is 22.4 Å². The fraction of sp³-hybridized carbons (Fsp3) is 0.0625. The van der Waals surface area contributed by atoms with Crippen molar-refractivity contribution in [2.24, 2.45) is 0 Å². The molecule has 0 aliphatic carbocycles. The highest BCUT2D eigenvalue weighted by Crippen LogP contribution is 2.38. The Balaban J connectivity index is 2.15. The zero-order valence-electron chi connectivity index (χ0n) is 10.1. The molecule has 2 aromatic rings. The second-order valence-electron chi connectivity index (χ2n) is 4.20. The maximum absolute atomic E-state index is 3.26. The summed E-state index contributed by atoms with van der Waals surface area (Å²) in [6.45, 7) is 2.14. The van der Waals surface area contributed by atoms with Gasteiger partial charge in [0.15, 0.2) is 5.88 Å². The molecule has 1 nitrogen and oxygen atoms in total. The van der Waals surface area contributed by atoms with E-state index in [4.69, 9.17) is 0 Å². The van der Waals surface area contributed by atoms with Crippen molar-refractivity contribution >= 4 is 17.4 Å². The molecule has 0 saturated heterocycles. The van der Waals surface area contributed by atoms with E-state index >= 15 is 0 Å². The molecule has 1 aliphatic rings.